The van der Waals surface area contributed by atoms with E-state index >= 15 is 0 Å². The summed E-state index contributed by atoms with van der Waals surface area (Å²) in [6.45, 7) is 52.4. The van der Waals surface area contributed by atoms with Crippen LogP contribution in [0, 0.1) is 5.92 Å². The predicted molar refractivity (Wildman–Crippen MR) is 407 cm³/mol. The third-order valence-corrected chi connectivity index (χ3v) is 73.8. The van der Waals surface area contributed by atoms with Crippen LogP contribution in [0.3, 0.4) is 0 Å². The van der Waals surface area contributed by atoms with Gasteiger partial charge in [-0.05, 0) is 209 Å². The van der Waals surface area contributed by atoms with Gasteiger partial charge in [0.2, 0.25) is 0 Å². The summed E-state index contributed by atoms with van der Waals surface area (Å²) < 4.78 is 144. The molecule has 9 fully saturated rings. The zero-order chi connectivity index (χ0) is 71.3. The number of rotatable bonds is 44. The summed E-state index contributed by atoms with van der Waals surface area (Å²) in [4.78, 5) is 0. The van der Waals surface area contributed by atoms with Crippen molar-refractivity contribution in [2.75, 3.05) is 112 Å². The van der Waals surface area contributed by atoms with Gasteiger partial charge >= 0.3 is 103 Å². The molecule has 98 heavy (non-hydrogen) atoms. The Morgan fingerprint density at radius 3 is 0.561 bits per heavy atom. The van der Waals surface area contributed by atoms with Gasteiger partial charge in [0.15, 0.2) is 0 Å². The van der Waals surface area contributed by atoms with E-state index in [4.69, 9.17) is 101 Å². The normalized spacial score (nSPS) is 38.7. The fraction of sp³-hybridized carbons (Fsp3) is 1.00. The lowest BCUT2D eigenvalue weighted by atomic mass is 10.4. The zero-order valence-corrected chi connectivity index (χ0v) is 76.4. The molecular formula is C63H138O23Si12. The maximum Gasteiger partial charge on any atom is 0.317 e. The van der Waals surface area contributed by atoms with Gasteiger partial charge in [-0.25, -0.2) is 0 Å². The molecule has 0 aromatic carbocycles. The molecular weight excluding hydrogens is 1460 g/mol. The van der Waals surface area contributed by atoms with Gasteiger partial charge in [0.05, 0.1) is 66.1 Å². The van der Waals surface area contributed by atoms with E-state index in [-0.39, 0.29) is 0 Å². The van der Waals surface area contributed by atoms with E-state index in [1.54, 1.807) is 0 Å². The van der Waals surface area contributed by atoms with E-state index in [0.717, 1.165) is 183 Å². The highest BCUT2D eigenvalue weighted by atomic mass is 28.5. The Labute approximate surface area is 605 Å². The van der Waals surface area contributed by atoms with Crippen molar-refractivity contribution in [3.8, 4) is 0 Å². The molecule has 0 bridgehead atoms. The topological polar surface area (TPSA) is 229 Å². The van der Waals surface area contributed by atoms with Crippen molar-refractivity contribution in [1.29, 1.82) is 0 Å². The summed E-state index contributed by atoms with van der Waals surface area (Å²) >= 11 is 0. The summed E-state index contributed by atoms with van der Waals surface area (Å²) in [5.41, 5.74) is 0. The summed E-state index contributed by atoms with van der Waals surface area (Å²) in [5, 5.41) is 0. The summed E-state index contributed by atoms with van der Waals surface area (Å²) in [6, 6.07) is 9.30. The van der Waals surface area contributed by atoms with Gasteiger partial charge in [-0.3, -0.25) is 0 Å². The second kappa shape index (κ2) is 39.9. The van der Waals surface area contributed by atoms with Crippen molar-refractivity contribution in [3.63, 3.8) is 0 Å². The fourth-order valence-corrected chi connectivity index (χ4v) is 83.1. The van der Waals surface area contributed by atoms with Crippen molar-refractivity contribution < 1.29 is 101 Å². The third kappa shape index (κ3) is 34.9. The van der Waals surface area contributed by atoms with E-state index in [0.29, 0.717) is 90.0 Å². The lowest BCUT2D eigenvalue weighted by Crippen LogP contribution is -2.67. The first-order chi connectivity index (χ1) is 46.2. The van der Waals surface area contributed by atoms with Gasteiger partial charge in [0, 0.05) is 46.2 Å². The van der Waals surface area contributed by atoms with Gasteiger partial charge in [-0.15, -0.1) is 0 Å². The predicted octanol–water partition coefficient (Wildman–Crippen LogP) is 13.8. The van der Waals surface area contributed by atoms with Crippen LogP contribution in [0.1, 0.15) is 105 Å². The van der Waals surface area contributed by atoms with Crippen LogP contribution in [0.2, 0.25) is 152 Å². The molecule has 576 valence electrons. The van der Waals surface area contributed by atoms with Crippen LogP contribution < -0.4 is 0 Å². The second-order valence-corrected chi connectivity index (χ2v) is 74.7. The lowest BCUT2D eigenvalue weighted by molar-refractivity contribution is 0.114. The first-order valence-electron chi connectivity index (χ1n) is 38.2. The number of ether oxygens (including phenoxy) is 11. The van der Waals surface area contributed by atoms with E-state index in [2.05, 4.69) is 119 Å². The Morgan fingerprint density at radius 2 is 0.398 bits per heavy atom. The Morgan fingerprint density at radius 1 is 0.235 bits per heavy atom. The SMILES string of the molecule is CCC[Si]1(C)O[Si](C)(CCC)O[Si](C)(CCCOCC2CO2)O[Si](C)(CCCOCC2CC2)O1.CCC[Si]1(C)O[Si](C)(CCCOCC2CO2)O[Si](C)(CCC)O[Si](C)(CCCOCC2CO2)O1.C[Si]1(C)O[Si](C)(CCCOCC2CO2)O[Si](C)(C)O[Si](C)(CCCOCC2CO2)O1. The van der Waals surface area contributed by atoms with Crippen molar-refractivity contribution in [3.05, 3.63) is 0 Å². The Hall–Kier alpha value is 1.68. The quantitative estimate of drug-likeness (QED) is 0.0314. The Balaban J connectivity index is 0.000000207. The summed E-state index contributed by atoms with van der Waals surface area (Å²) in [7, 11) is -29.3. The molecule has 1 saturated carbocycles. The van der Waals surface area contributed by atoms with Crippen LogP contribution in [0.25, 0.3) is 0 Å². The van der Waals surface area contributed by atoms with E-state index in [9.17, 15) is 0 Å². The second-order valence-electron chi connectivity index (χ2n) is 31.7. The molecule has 23 nitrogen and oxygen atoms in total. The van der Waals surface area contributed by atoms with E-state index < -0.39 is 103 Å². The summed E-state index contributed by atoms with van der Waals surface area (Å²) in [5.74, 6) is 0.800. The van der Waals surface area contributed by atoms with Gasteiger partial charge in [0.25, 0.3) is 0 Å². The Kier molecular flexibility index (Phi) is 35.4. The molecule has 0 radical (unpaired) electrons. The van der Waals surface area contributed by atoms with E-state index in [1.807, 2.05) is 0 Å². The smallest absolute Gasteiger partial charge is 0.317 e. The number of hydrogen-bond donors (Lipinski definition) is 0. The molecule has 1 aliphatic carbocycles. The van der Waals surface area contributed by atoms with Crippen LogP contribution >= 0.6 is 0 Å². The highest BCUT2D eigenvalue weighted by molar-refractivity contribution is 6.96. The Bertz CT molecular complexity index is 2110. The molecule has 9 atom stereocenters. The van der Waals surface area contributed by atoms with Crippen LogP contribution in [-0.2, 0) is 101 Å². The van der Waals surface area contributed by atoms with Gasteiger partial charge in [-0.1, -0.05) is 53.4 Å². The molecule has 8 heterocycles. The molecule has 9 aliphatic rings. The molecule has 8 saturated heterocycles. The molecule has 0 aromatic rings. The van der Waals surface area contributed by atoms with Crippen LogP contribution in [-0.4, -0.2) is 246 Å². The largest absolute Gasteiger partial charge is 0.416 e. The molecule has 0 spiro atoms. The maximum absolute atomic E-state index is 7.12. The average molecular weight is 1600 g/mol. The maximum atomic E-state index is 7.12. The minimum absolute atomic E-state index is 0.305. The highest BCUT2D eigenvalue weighted by Crippen LogP contribution is 2.42. The molecule has 0 N–H and O–H groups in total. The fourth-order valence-electron chi connectivity index (χ4n) is 14.2. The van der Waals surface area contributed by atoms with Crippen molar-refractivity contribution in [2.24, 2.45) is 5.92 Å². The van der Waals surface area contributed by atoms with Crippen LogP contribution in [0.5, 0.6) is 0 Å². The zero-order valence-electron chi connectivity index (χ0n) is 64.4. The summed E-state index contributed by atoms with van der Waals surface area (Å²) in [6.07, 6.45) is 14.0. The standard InChI is InChI=1S/C23H50O7Si4.C22H48O8Si4.C18H40O8Si4/c1-7-15-31(3)27-32(4,16-8-2)29-34(6,18-10-14-25-20-23-21-26-23)30-33(5,28-31)17-9-13-24-19-22-11-12-22;1-7-13-31(3)27-33(5,15-9-11-23-17-21-19-25-21)29-32(4,14-8-2)30-34(6,28-31)16-10-12-24-18-22-20-26-22;1-27(2)23-29(5,11-7-9-19-13-17-15-21-17)25-28(3,4)26-30(6,24-27)12-8-10-20-14-18-16-22-18/h22-23H,7-21H2,1-6H3;21-22H,7-20H2,1-6H3;17-18H,7-16H2,1-6H3. The molecule has 0 aromatic heterocycles. The van der Waals surface area contributed by atoms with E-state index in [1.165, 1.54) is 12.8 Å². The molecule has 35 heteroatoms. The molecule has 9 rings (SSSR count). The van der Waals surface area contributed by atoms with Crippen molar-refractivity contribution in [2.45, 2.75) is 287 Å². The first-order valence-corrected chi connectivity index (χ1v) is 69.0. The number of hydrogen-bond acceptors (Lipinski definition) is 23. The van der Waals surface area contributed by atoms with Crippen molar-refractivity contribution in [1.82, 2.24) is 0 Å². The minimum atomic E-state index is -2.51. The van der Waals surface area contributed by atoms with Gasteiger partial charge in [0.1, 0.15) is 30.5 Å². The molecule has 9 unspecified atom stereocenters. The first kappa shape index (κ1) is 86.9. The molecule has 8 aliphatic heterocycles. The van der Waals surface area contributed by atoms with Crippen LogP contribution in [0.15, 0.2) is 0 Å². The van der Waals surface area contributed by atoms with Crippen molar-refractivity contribution >= 4 is 103 Å². The van der Waals surface area contributed by atoms with Gasteiger partial charge < -0.3 is 101 Å². The minimum Gasteiger partial charge on any atom is -0.416 e. The highest BCUT2D eigenvalue weighted by Gasteiger charge is 2.59. The van der Waals surface area contributed by atoms with Gasteiger partial charge in [-0.2, -0.15) is 0 Å². The monoisotopic (exact) mass is 1600 g/mol. The molecule has 0 amide bonds. The number of epoxide rings is 5. The lowest BCUT2D eigenvalue weighted by Gasteiger charge is -2.50. The average Bonchev–Trinajstić information content (AvgIpc) is 1.17. The third-order valence-electron chi connectivity index (χ3n) is 18.2. The van der Waals surface area contributed by atoms with Crippen LogP contribution in [0.4, 0.5) is 0 Å².